The van der Waals surface area contributed by atoms with Gasteiger partial charge in [-0.05, 0) is 18.8 Å². The highest BCUT2D eigenvalue weighted by Crippen LogP contribution is 2.05. The van der Waals surface area contributed by atoms with Gasteiger partial charge >= 0.3 is 11.9 Å². The predicted octanol–water partition coefficient (Wildman–Crippen LogP) is -3.37. The lowest BCUT2D eigenvalue weighted by Gasteiger charge is -2.24. The molecule has 4 amide bonds. The van der Waals surface area contributed by atoms with Crippen LogP contribution in [0.5, 0.6) is 0 Å². The molecule has 0 spiro atoms. The average Bonchev–Trinajstić information content (AvgIpc) is 2.66. The van der Waals surface area contributed by atoms with Gasteiger partial charge in [-0.1, -0.05) is 13.8 Å². The maximum atomic E-state index is 12.6. The lowest BCUT2D eigenvalue weighted by Crippen LogP contribution is -2.58. The number of aliphatic hydroxyl groups is 1. The van der Waals surface area contributed by atoms with Gasteiger partial charge in [0.2, 0.25) is 23.6 Å². The third kappa shape index (κ3) is 11.2. The van der Waals surface area contributed by atoms with Crippen molar-refractivity contribution in [3.8, 4) is 0 Å². The first-order valence-corrected chi connectivity index (χ1v) is 9.78. The molecular formula is C18H31N5O9. The third-order valence-electron chi connectivity index (χ3n) is 4.18. The van der Waals surface area contributed by atoms with Crippen LogP contribution in [-0.4, -0.2) is 81.7 Å². The molecule has 0 aromatic rings. The molecule has 0 aromatic carbocycles. The van der Waals surface area contributed by atoms with E-state index in [-0.39, 0.29) is 12.3 Å². The number of rotatable bonds is 15. The zero-order chi connectivity index (χ0) is 25.0. The number of hydrogen-bond donors (Lipinski definition) is 8. The van der Waals surface area contributed by atoms with Crippen molar-refractivity contribution in [3.63, 3.8) is 0 Å². The van der Waals surface area contributed by atoms with E-state index in [0.717, 1.165) is 0 Å². The average molecular weight is 461 g/mol. The number of carboxylic acid groups (broad SMARTS) is 2. The third-order valence-corrected chi connectivity index (χ3v) is 4.18. The van der Waals surface area contributed by atoms with E-state index in [0.29, 0.717) is 0 Å². The molecule has 4 atom stereocenters. The summed E-state index contributed by atoms with van der Waals surface area (Å²) in [5, 5.41) is 33.3. The summed E-state index contributed by atoms with van der Waals surface area (Å²) in [6, 6.07) is -5.72. The molecule has 0 aliphatic rings. The Labute approximate surface area is 184 Å². The molecule has 10 N–H and O–H groups in total. The number of carboxylic acids is 2. The van der Waals surface area contributed by atoms with Crippen molar-refractivity contribution in [1.82, 2.24) is 16.0 Å². The number of aliphatic carboxylic acids is 2. The second-order valence-corrected chi connectivity index (χ2v) is 7.54. The van der Waals surface area contributed by atoms with Crippen LogP contribution >= 0.6 is 0 Å². The molecule has 0 bridgehead atoms. The van der Waals surface area contributed by atoms with Gasteiger partial charge in [-0.2, -0.15) is 0 Å². The van der Waals surface area contributed by atoms with Crippen LogP contribution in [0.3, 0.4) is 0 Å². The van der Waals surface area contributed by atoms with Crippen LogP contribution in [-0.2, 0) is 28.8 Å². The summed E-state index contributed by atoms with van der Waals surface area (Å²) in [6.07, 6.45) is -1.35. The Morgan fingerprint density at radius 3 is 1.78 bits per heavy atom. The standard InChI is InChI=1S/C18H31N5O9/c1-8(2)5-9(19)15(28)22-11(6-13(20)25)17(30)21-10(3-4-14(26)27)16(29)23-12(7-24)18(31)32/h8-12,24H,3-7,19H2,1-2H3,(H2,20,25)(H,21,30)(H,22,28)(H,23,29)(H,26,27)(H,31,32). The number of nitrogens with two attached hydrogens (primary N) is 2. The Balaban J connectivity index is 5.49. The fourth-order valence-electron chi connectivity index (χ4n) is 2.57. The summed E-state index contributed by atoms with van der Waals surface area (Å²) in [5.74, 6) is -6.58. The van der Waals surface area contributed by atoms with Crippen LogP contribution in [0.25, 0.3) is 0 Å². The number of hydrogen-bond acceptors (Lipinski definition) is 8. The number of amides is 4. The molecular weight excluding hydrogens is 430 g/mol. The Kier molecular flexibility index (Phi) is 12.5. The molecule has 182 valence electrons. The van der Waals surface area contributed by atoms with E-state index in [1.165, 1.54) is 0 Å². The van der Waals surface area contributed by atoms with Crippen molar-refractivity contribution in [2.75, 3.05) is 6.61 Å². The molecule has 0 aliphatic heterocycles. The minimum absolute atomic E-state index is 0.0666. The number of primary amides is 1. The Hall–Kier alpha value is -3.26. The fraction of sp³-hybridized carbons (Fsp3) is 0.667. The Bertz CT molecular complexity index is 713. The molecule has 32 heavy (non-hydrogen) atoms. The van der Waals surface area contributed by atoms with Gasteiger partial charge in [0.05, 0.1) is 19.1 Å². The molecule has 0 fully saturated rings. The van der Waals surface area contributed by atoms with Gasteiger partial charge in [-0.15, -0.1) is 0 Å². The highest BCUT2D eigenvalue weighted by Gasteiger charge is 2.31. The van der Waals surface area contributed by atoms with Crippen LogP contribution < -0.4 is 27.4 Å². The van der Waals surface area contributed by atoms with E-state index in [9.17, 15) is 28.8 Å². The molecule has 0 radical (unpaired) electrons. The highest BCUT2D eigenvalue weighted by molar-refractivity contribution is 5.96. The van der Waals surface area contributed by atoms with Crippen molar-refractivity contribution in [1.29, 1.82) is 0 Å². The van der Waals surface area contributed by atoms with Crippen LogP contribution in [0.4, 0.5) is 0 Å². The van der Waals surface area contributed by atoms with E-state index in [4.69, 9.17) is 26.8 Å². The summed E-state index contributed by atoms with van der Waals surface area (Å²) in [6.45, 7) is 2.70. The molecule has 14 heteroatoms. The van der Waals surface area contributed by atoms with E-state index >= 15 is 0 Å². The van der Waals surface area contributed by atoms with Gasteiger partial charge in [0, 0.05) is 6.42 Å². The maximum Gasteiger partial charge on any atom is 0.328 e. The molecule has 0 saturated heterocycles. The topological polar surface area (TPSA) is 251 Å². The van der Waals surface area contributed by atoms with E-state index in [1.807, 2.05) is 19.2 Å². The summed E-state index contributed by atoms with van der Waals surface area (Å²) in [5.41, 5.74) is 10.9. The first-order chi connectivity index (χ1) is 14.8. The van der Waals surface area contributed by atoms with Gasteiger partial charge in [0.25, 0.3) is 0 Å². The molecule has 4 unspecified atom stereocenters. The summed E-state index contributed by atoms with van der Waals surface area (Å²) in [4.78, 5) is 70.5. The van der Waals surface area contributed by atoms with Crippen LogP contribution in [0.15, 0.2) is 0 Å². The van der Waals surface area contributed by atoms with Gasteiger partial charge in [-0.3, -0.25) is 24.0 Å². The van der Waals surface area contributed by atoms with E-state index in [1.54, 1.807) is 0 Å². The molecule has 0 saturated carbocycles. The van der Waals surface area contributed by atoms with Crippen LogP contribution in [0.1, 0.15) is 39.5 Å². The van der Waals surface area contributed by atoms with E-state index in [2.05, 4.69) is 10.6 Å². The number of nitrogens with one attached hydrogen (secondary N) is 3. The van der Waals surface area contributed by atoms with Crippen molar-refractivity contribution >= 4 is 35.6 Å². The Morgan fingerprint density at radius 1 is 0.844 bits per heavy atom. The summed E-state index contributed by atoms with van der Waals surface area (Å²) < 4.78 is 0. The minimum Gasteiger partial charge on any atom is -0.481 e. The Morgan fingerprint density at radius 2 is 1.34 bits per heavy atom. The van der Waals surface area contributed by atoms with E-state index < -0.39 is 85.6 Å². The first kappa shape index (κ1) is 28.7. The van der Waals surface area contributed by atoms with Gasteiger partial charge in [0.1, 0.15) is 18.1 Å². The van der Waals surface area contributed by atoms with Crippen molar-refractivity contribution in [2.24, 2.45) is 17.4 Å². The second-order valence-electron chi connectivity index (χ2n) is 7.54. The van der Waals surface area contributed by atoms with Gasteiger partial charge in [0.15, 0.2) is 0 Å². The fourth-order valence-corrected chi connectivity index (χ4v) is 2.57. The van der Waals surface area contributed by atoms with Crippen LogP contribution in [0.2, 0.25) is 0 Å². The molecule has 0 heterocycles. The number of carbonyl (C=O) groups is 6. The van der Waals surface area contributed by atoms with Crippen molar-refractivity contribution in [3.05, 3.63) is 0 Å². The number of aliphatic hydroxyl groups excluding tert-OH is 1. The quantitative estimate of drug-likeness (QED) is 0.120. The molecule has 0 rings (SSSR count). The largest absolute Gasteiger partial charge is 0.481 e. The molecule has 14 nitrogen and oxygen atoms in total. The summed E-state index contributed by atoms with van der Waals surface area (Å²) in [7, 11) is 0. The van der Waals surface area contributed by atoms with Crippen molar-refractivity contribution in [2.45, 2.75) is 63.7 Å². The zero-order valence-corrected chi connectivity index (χ0v) is 17.9. The minimum atomic E-state index is -1.69. The normalized spacial score (nSPS) is 14.5. The van der Waals surface area contributed by atoms with Gasteiger partial charge < -0.3 is 42.7 Å². The monoisotopic (exact) mass is 461 g/mol. The molecule has 0 aliphatic carbocycles. The first-order valence-electron chi connectivity index (χ1n) is 9.78. The lowest BCUT2D eigenvalue weighted by molar-refractivity contribution is -0.144. The lowest BCUT2D eigenvalue weighted by atomic mass is 10.0. The molecule has 0 aromatic heterocycles. The van der Waals surface area contributed by atoms with Crippen molar-refractivity contribution < 1.29 is 44.1 Å². The SMILES string of the molecule is CC(C)CC(N)C(=O)NC(CC(N)=O)C(=O)NC(CCC(=O)O)C(=O)NC(CO)C(=O)O. The zero-order valence-electron chi connectivity index (χ0n) is 17.9. The van der Waals surface area contributed by atoms with Gasteiger partial charge in [-0.25, -0.2) is 4.79 Å². The highest BCUT2D eigenvalue weighted by atomic mass is 16.4. The maximum absolute atomic E-state index is 12.6. The predicted molar refractivity (Wildman–Crippen MR) is 109 cm³/mol. The number of carbonyl (C=O) groups excluding carboxylic acids is 4. The van der Waals surface area contributed by atoms with Crippen LogP contribution in [0, 0.1) is 5.92 Å². The summed E-state index contributed by atoms with van der Waals surface area (Å²) >= 11 is 0. The second kappa shape index (κ2) is 13.9. The smallest absolute Gasteiger partial charge is 0.328 e.